The van der Waals surface area contributed by atoms with Gasteiger partial charge in [-0.05, 0) is 48.4 Å². The zero-order valence-electron chi connectivity index (χ0n) is 12.6. The molecule has 1 aromatic heterocycles. The first-order valence-electron chi connectivity index (χ1n) is 7.35. The minimum atomic E-state index is 0.272. The van der Waals surface area contributed by atoms with Gasteiger partial charge in [-0.15, -0.1) is 0 Å². The molecule has 1 N–H and O–H groups in total. The van der Waals surface area contributed by atoms with Gasteiger partial charge in [0.25, 0.3) is 0 Å². The molecule has 0 fully saturated rings. The molecule has 0 spiro atoms. The van der Waals surface area contributed by atoms with Gasteiger partial charge in [-0.3, -0.25) is 5.43 Å². The van der Waals surface area contributed by atoms with Crippen LogP contribution >= 0.6 is 0 Å². The third-order valence-electron chi connectivity index (χ3n) is 3.71. The fraction of sp³-hybridized carbons (Fsp3) is 0.111. The molecule has 5 nitrogen and oxygen atoms in total. The number of benzene rings is 2. The standard InChI is InChI=1S/C18H15N3O2/c1-12-8-18(20-15-5-3-2-4-14(12)15)21-19-10-13-6-7-16-17(9-13)23-11-22-16/h2-10H,11H2,1H3,(H,20,21)/b19-10+. The van der Waals surface area contributed by atoms with Crippen molar-refractivity contribution < 1.29 is 9.47 Å². The number of anilines is 1. The molecule has 23 heavy (non-hydrogen) atoms. The Morgan fingerprint density at radius 3 is 2.91 bits per heavy atom. The van der Waals surface area contributed by atoms with Gasteiger partial charge in [-0.25, -0.2) is 4.98 Å². The molecular formula is C18H15N3O2. The lowest BCUT2D eigenvalue weighted by Gasteiger charge is -2.05. The van der Waals surface area contributed by atoms with Crippen molar-refractivity contribution in [1.29, 1.82) is 0 Å². The molecule has 0 radical (unpaired) electrons. The highest BCUT2D eigenvalue weighted by molar-refractivity contribution is 5.84. The Kier molecular flexibility index (Phi) is 3.31. The fourth-order valence-electron chi connectivity index (χ4n) is 2.57. The Bertz CT molecular complexity index is 906. The first kappa shape index (κ1) is 13.6. The van der Waals surface area contributed by atoms with Crippen LogP contribution in [0.15, 0.2) is 53.6 Å². The molecule has 0 bridgehead atoms. The van der Waals surface area contributed by atoms with Crippen molar-refractivity contribution in [2.75, 3.05) is 12.2 Å². The number of nitrogens with zero attached hydrogens (tertiary/aromatic N) is 2. The van der Waals surface area contributed by atoms with E-state index in [1.54, 1.807) is 6.21 Å². The molecule has 0 unspecified atom stereocenters. The predicted molar refractivity (Wildman–Crippen MR) is 90.3 cm³/mol. The average Bonchev–Trinajstić information content (AvgIpc) is 3.03. The van der Waals surface area contributed by atoms with Crippen LogP contribution < -0.4 is 14.9 Å². The molecule has 0 aliphatic carbocycles. The molecule has 0 saturated carbocycles. The number of pyridine rings is 1. The number of aryl methyl sites for hydroxylation is 1. The Hall–Kier alpha value is -3.08. The van der Waals surface area contributed by atoms with E-state index in [0.29, 0.717) is 0 Å². The SMILES string of the molecule is Cc1cc(N/N=C/c2ccc3c(c2)OCO3)nc2ccccc12. The topological polar surface area (TPSA) is 55.7 Å². The summed E-state index contributed by atoms with van der Waals surface area (Å²) in [4.78, 5) is 4.56. The van der Waals surface area contributed by atoms with E-state index in [9.17, 15) is 0 Å². The summed E-state index contributed by atoms with van der Waals surface area (Å²) in [6.07, 6.45) is 1.73. The van der Waals surface area contributed by atoms with E-state index in [2.05, 4.69) is 28.5 Å². The van der Waals surface area contributed by atoms with Gasteiger partial charge < -0.3 is 9.47 Å². The minimum absolute atomic E-state index is 0.272. The number of rotatable bonds is 3. The number of hydrogen-bond acceptors (Lipinski definition) is 5. The third kappa shape index (κ3) is 2.68. The van der Waals surface area contributed by atoms with Crippen molar-refractivity contribution in [3.05, 3.63) is 59.7 Å². The normalized spacial score (nSPS) is 12.9. The van der Waals surface area contributed by atoms with Crippen LogP contribution in [0.25, 0.3) is 10.9 Å². The van der Waals surface area contributed by atoms with E-state index in [1.165, 1.54) is 0 Å². The van der Waals surface area contributed by atoms with Gasteiger partial charge in [0.1, 0.15) is 5.82 Å². The second kappa shape index (κ2) is 5.61. The molecule has 4 rings (SSSR count). The average molecular weight is 305 g/mol. The minimum Gasteiger partial charge on any atom is -0.454 e. The van der Waals surface area contributed by atoms with Crippen LogP contribution in [0.4, 0.5) is 5.82 Å². The maximum absolute atomic E-state index is 5.35. The summed E-state index contributed by atoms with van der Waals surface area (Å²) in [6.45, 7) is 2.34. The van der Waals surface area contributed by atoms with Crippen LogP contribution in [-0.2, 0) is 0 Å². The molecule has 0 amide bonds. The van der Waals surface area contributed by atoms with Gasteiger partial charge in [-0.2, -0.15) is 5.10 Å². The number of aromatic nitrogens is 1. The molecule has 0 atom stereocenters. The summed E-state index contributed by atoms with van der Waals surface area (Å²) in [5.41, 5.74) is 6.03. The molecule has 3 aromatic rings. The van der Waals surface area contributed by atoms with Gasteiger partial charge in [0.05, 0.1) is 11.7 Å². The Morgan fingerprint density at radius 1 is 1.09 bits per heavy atom. The first-order valence-corrected chi connectivity index (χ1v) is 7.35. The first-order chi connectivity index (χ1) is 11.3. The maximum atomic E-state index is 5.35. The van der Waals surface area contributed by atoms with E-state index in [-0.39, 0.29) is 6.79 Å². The van der Waals surface area contributed by atoms with Crippen LogP contribution in [0.3, 0.4) is 0 Å². The Balaban J connectivity index is 1.54. The number of ether oxygens (including phenoxy) is 2. The van der Waals surface area contributed by atoms with E-state index in [1.807, 2.05) is 42.5 Å². The summed E-state index contributed by atoms with van der Waals surface area (Å²) in [7, 11) is 0. The summed E-state index contributed by atoms with van der Waals surface area (Å²) in [5, 5.41) is 5.40. The fourth-order valence-corrected chi connectivity index (χ4v) is 2.57. The van der Waals surface area contributed by atoms with E-state index < -0.39 is 0 Å². The van der Waals surface area contributed by atoms with Crippen LogP contribution in [0.5, 0.6) is 11.5 Å². The molecule has 5 heteroatoms. The van der Waals surface area contributed by atoms with Crippen LogP contribution in [0, 0.1) is 6.92 Å². The quantitative estimate of drug-likeness (QED) is 0.592. The summed E-state index contributed by atoms with van der Waals surface area (Å²) >= 11 is 0. The molecule has 0 saturated heterocycles. The zero-order valence-corrected chi connectivity index (χ0v) is 12.6. The van der Waals surface area contributed by atoms with Crippen molar-refractivity contribution in [1.82, 2.24) is 4.98 Å². The molecule has 114 valence electrons. The highest BCUT2D eigenvalue weighted by atomic mass is 16.7. The number of hydrogen-bond donors (Lipinski definition) is 1. The van der Waals surface area contributed by atoms with Crippen LogP contribution in [-0.4, -0.2) is 18.0 Å². The van der Waals surface area contributed by atoms with Crippen LogP contribution in [0.1, 0.15) is 11.1 Å². The summed E-state index contributed by atoms with van der Waals surface area (Å²) in [6, 6.07) is 15.7. The van der Waals surface area contributed by atoms with E-state index >= 15 is 0 Å². The number of nitrogens with one attached hydrogen (secondary N) is 1. The third-order valence-corrected chi connectivity index (χ3v) is 3.71. The largest absolute Gasteiger partial charge is 0.454 e. The van der Waals surface area contributed by atoms with Crippen molar-refractivity contribution in [2.24, 2.45) is 5.10 Å². The maximum Gasteiger partial charge on any atom is 0.231 e. The molecule has 2 aromatic carbocycles. The van der Waals surface area contributed by atoms with Crippen molar-refractivity contribution in [3.8, 4) is 11.5 Å². The smallest absolute Gasteiger partial charge is 0.231 e. The van der Waals surface area contributed by atoms with Gasteiger partial charge in [0.2, 0.25) is 6.79 Å². The second-order valence-electron chi connectivity index (χ2n) is 5.32. The lowest BCUT2D eigenvalue weighted by Crippen LogP contribution is -1.95. The molecule has 2 heterocycles. The second-order valence-corrected chi connectivity index (χ2v) is 5.32. The van der Waals surface area contributed by atoms with Gasteiger partial charge in [0, 0.05) is 5.39 Å². The van der Waals surface area contributed by atoms with Crippen molar-refractivity contribution >= 4 is 22.9 Å². The van der Waals surface area contributed by atoms with E-state index in [4.69, 9.17) is 9.47 Å². The van der Waals surface area contributed by atoms with E-state index in [0.717, 1.165) is 39.3 Å². The van der Waals surface area contributed by atoms with Crippen LogP contribution in [0.2, 0.25) is 0 Å². The highest BCUT2D eigenvalue weighted by Gasteiger charge is 2.12. The zero-order chi connectivity index (χ0) is 15.6. The highest BCUT2D eigenvalue weighted by Crippen LogP contribution is 2.32. The lowest BCUT2D eigenvalue weighted by atomic mass is 10.1. The number of para-hydroxylation sites is 1. The number of hydrazone groups is 1. The number of fused-ring (bicyclic) bond motifs is 2. The van der Waals surface area contributed by atoms with Gasteiger partial charge in [0.15, 0.2) is 11.5 Å². The molecular weight excluding hydrogens is 290 g/mol. The van der Waals surface area contributed by atoms with Gasteiger partial charge >= 0.3 is 0 Å². The lowest BCUT2D eigenvalue weighted by molar-refractivity contribution is 0.174. The Morgan fingerprint density at radius 2 is 1.96 bits per heavy atom. The monoisotopic (exact) mass is 305 g/mol. The predicted octanol–water partition coefficient (Wildman–Crippen LogP) is 3.72. The Labute approximate surface area is 133 Å². The summed E-state index contributed by atoms with van der Waals surface area (Å²) < 4.78 is 10.6. The molecule has 1 aliphatic heterocycles. The summed E-state index contributed by atoms with van der Waals surface area (Å²) in [5.74, 6) is 2.23. The molecule has 1 aliphatic rings. The van der Waals surface area contributed by atoms with Crippen molar-refractivity contribution in [3.63, 3.8) is 0 Å². The van der Waals surface area contributed by atoms with Gasteiger partial charge in [-0.1, -0.05) is 18.2 Å². The van der Waals surface area contributed by atoms with Crippen molar-refractivity contribution in [2.45, 2.75) is 6.92 Å².